The summed E-state index contributed by atoms with van der Waals surface area (Å²) in [5.74, 6) is 0.947. The second-order valence-corrected chi connectivity index (χ2v) is 4.66. The van der Waals surface area contributed by atoms with Crippen molar-refractivity contribution < 1.29 is 4.79 Å². The van der Waals surface area contributed by atoms with E-state index in [1.165, 1.54) is 12.3 Å². The van der Waals surface area contributed by atoms with Crippen molar-refractivity contribution in [2.45, 2.75) is 12.8 Å². The van der Waals surface area contributed by atoms with E-state index >= 15 is 0 Å². The summed E-state index contributed by atoms with van der Waals surface area (Å²) in [6, 6.07) is 2.93. The first-order valence-corrected chi connectivity index (χ1v) is 6.28. The van der Waals surface area contributed by atoms with Crippen molar-refractivity contribution in [1.82, 2.24) is 9.88 Å². The van der Waals surface area contributed by atoms with Crippen molar-refractivity contribution in [3.05, 3.63) is 34.2 Å². The molecule has 1 fully saturated rings. The summed E-state index contributed by atoms with van der Waals surface area (Å²) in [4.78, 5) is 27.4. The molecule has 1 aromatic heterocycles. The van der Waals surface area contributed by atoms with Crippen LogP contribution in [0.5, 0.6) is 0 Å². The zero-order valence-corrected chi connectivity index (χ0v) is 10.2. The maximum atomic E-state index is 12.1. The van der Waals surface area contributed by atoms with Gasteiger partial charge in [-0.2, -0.15) is 0 Å². The molecular formula is C12H15ClN2O2. The van der Waals surface area contributed by atoms with Gasteiger partial charge < -0.3 is 9.88 Å². The largest absolute Gasteiger partial charge is 0.338 e. The highest BCUT2D eigenvalue weighted by Crippen LogP contribution is 2.19. The predicted octanol–water partition coefficient (Wildman–Crippen LogP) is 1.47. The van der Waals surface area contributed by atoms with Gasteiger partial charge in [-0.1, -0.05) is 0 Å². The van der Waals surface area contributed by atoms with E-state index in [-0.39, 0.29) is 11.5 Å². The Bertz CT molecular complexity index is 438. The maximum Gasteiger partial charge on any atom is 0.255 e. The molecule has 0 saturated carbocycles. The predicted molar refractivity (Wildman–Crippen MR) is 66.4 cm³/mol. The first kappa shape index (κ1) is 12.2. The molecule has 1 amide bonds. The van der Waals surface area contributed by atoms with Crippen LogP contribution in [0, 0.1) is 5.92 Å². The van der Waals surface area contributed by atoms with Gasteiger partial charge in [-0.25, -0.2) is 0 Å². The fraction of sp³-hybridized carbons (Fsp3) is 0.500. The van der Waals surface area contributed by atoms with Crippen molar-refractivity contribution in [1.29, 1.82) is 0 Å². The number of H-pyrrole nitrogens is 1. The van der Waals surface area contributed by atoms with E-state index in [2.05, 4.69) is 4.98 Å². The minimum absolute atomic E-state index is 0.0314. The van der Waals surface area contributed by atoms with E-state index < -0.39 is 0 Å². The summed E-state index contributed by atoms with van der Waals surface area (Å²) < 4.78 is 0. The van der Waals surface area contributed by atoms with E-state index in [0.29, 0.717) is 23.9 Å². The third-order valence-corrected chi connectivity index (χ3v) is 3.49. The Morgan fingerprint density at radius 1 is 1.53 bits per heavy atom. The minimum Gasteiger partial charge on any atom is -0.338 e. The number of halogens is 1. The van der Waals surface area contributed by atoms with Crippen LogP contribution in [-0.4, -0.2) is 34.8 Å². The lowest BCUT2D eigenvalue weighted by atomic mass is 9.99. The lowest BCUT2D eigenvalue weighted by Crippen LogP contribution is -2.40. The maximum absolute atomic E-state index is 12.1. The summed E-state index contributed by atoms with van der Waals surface area (Å²) in [6.45, 7) is 1.48. The summed E-state index contributed by atoms with van der Waals surface area (Å²) in [6.07, 6.45) is 3.54. The van der Waals surface area contributed by atoms with Gasteiger partial charge in [0.25, 0.3) is 5.91 Å². The number of aromatic amines is 1. The van der Waals surface area contributed by atoms with Gasteiger partial charge in [0.1, 0.15) is 0 Å². The molecule has 1 saturated heterocycles. The molecule has 0 aliphatic carbocycles. The van der Waals surface area contributed by atoms with Crippen LogP contribution in [0.25, 0.3) is 0 Å². The number of amides is 1. The fourth-order valence-corrected chi connectivity index (χ4v) is 2.35. The molecule has 92 valence electrons. The van der Waals surface area contributed by atoms with Crippen LogP contribution in [0.2, 0.25) is 0 Å². The molecule has 0 radical (unpaired) electrons. The van der Waals surface area contributed by atoms with Crippen LogP contribution in [0.3, 0.4) is 0 Å². The molecule has 4 nitrogen and oxygen atoms in total. The van der Waals surface area contributed by atoms with Crippen LogP contribution in [0.4, 0.5) is 0 Å². The topological polar surface area (TPSA) is 53.2 Å². The van der Waals surface area contributed by atoms with E-state index in [4.69, 9.17) is 11.6 Å². The van der Waals surface area contributed by atoms with Gasteiger partial charge in [0.15, 0.2) is 0 Å². The summed E-state index contributed by atoms with van der Waals surface area (Å²) >= 11 is 5.83. The lowest BCUT2D eigenvalue weighted by molar-refractivity contribution is 0.0684. The smallest absolute Gasteiger partial charge is 0.255 e. The summed E-state index contributed by atoms with van der Waals surface area (Å²) in [7, 11) is 0. The zero-order valence-electron chi connectivity index (χ0n) is 9.49. The van der Waals surface area contributed by atoms with E-state index in [9.17, 15) is 9.59 Å². The number of nitrogens with one attached hydrogen (secondary N) is 1. The Labute approximate surface area is 105 Å². The van der Waals surface area contributed by atoms with Gasteiger partial charge >= 0.3 is 0 Å². The van der Waals surface area contributed by atoms with Crippen LogP contribution >= 0.6 is 11.6 Å². The minimum atomic E-state index is -0.196. The number of piperidine rings is 1. The van der Waals surface area contributed by atoms with Gasteiger partial charge in [0.2, 0.25) is 5.56 Å². The third-order valence-electron chi connectivity index (χ3n) is 3.06. The molecule has 1 aliphatic heterocycles. The molecule has 2 heterocycles. The highest BCUT2D eigenvalue weighted by Gasteiger charge is 2.23. The molecule has 5 heteroatoms. The molecule has 17 heavy (non-hydrogen) atoms. The van der Waals surface area contributed by atoms with E-state index in [1.54, 1.807) is 6.07 Å². The summed E-state index contributed by atoms with van der Waals surface area (Å²) in [5, 5.41) is 0. The number of hydrogen-bond donors (Lipinski definition) is 1. The number of carbonyl (C=O) groups is 1. The number of pyridine rings is 1. The average molecular weight is 255 g/mol. The Balaban J connectivity index is 2.09. The quantitative estimate of drug-likeness (QED) is 0.813. The first-order chi connectivity index (χ1) is 8.20. The molecule has 1 unspecified atom stereocenters. The van der Waals surface area contributed by atoms with Gasteiger partial charge in [0.05, 0.1) is 5.56 Å². The fourth-order valence-electron chi connectivity index (χ4n) is 2.10. The molecule has 1 N–H and O–H groups in total. The van der Waals surface area contributed by atoms with Crippen molar-refractivity contribution >= 4 is 17.5 Å². The zero-order chi connectivity index (χ0) is 12.3. The number of aromatic nitrogens is 1. The van der Waals surface area contributed by atoms with Crippen LogP contribution in [-0.2, 0) is 0 Å². The van der Waals surface area contributed by atoms with Crippen molar-refractivity contribution in [2.24, 2.45) is 5.92 Å². The normalized spacial score (nSPS) is 20.3. The van der Waals surface area contributed by atoms with Gasteiger partial charge in [-0.05, 0) is 24.8 Å². The molecule has 0 bridgehead atoms. The van der Waals surface area contributed by atoms with Crippen LogP contribution in [0.1, 0.15) is 23.2 Å². The highest BCUT2D eigenvalue weighted by molar-refractivity contribution is 6.18. The molecular weight excluding hydrogens is 240 g/mol. The molecule has 1 aliphatic rings. The Morgan fingerprint density at radius 3 is 3.00 bits per heavy atom. The second kappa shape index (κ2) is 5.36. The molecule has 0 aromatic carbocycles. The Kier molecular flexibility index (Phi) is 3.84. The Morgan fingerprint density at radius 2 is 2.35 bits per heavy atom. The van der Waals surface area contributed by atoms with Gasteiger partial charge in [-0.15, -0.1) is 11.6 Å². The number of hydrogen-bond acceptors (Lipinski definition) is 2. The molecule has 1 atom stereocenters. The Hall–Kier alpha value is -1.29. The second-order valence-electron chi connectivity index (χ2n) is 4.36. The third kappa shape index (κ3) is 2.88. The number of alkyl halides is 1. The molecule has 1 aromatic rings. The number of nitrogens with zero attached hydrogens (tertiary/aromatic N) is 1. The first-order valence-electron chi connectivity index (χ1n) is 5.74. The van der Waals surface area contributed by atoms with Crippen molar-refractivity contribution in [3.63, 3.8) is 0 Å². The molecule has 0 spiro atoms. The lowest BCUT2D eigenvalue weighted by Gasteiger charge is -2.31. The van der Waals surface area contributed by atoms with Crippen LogP contribution in [0.15, 0.2) is 23.1 Å². The van der Waals surface area contributed by atoms with Gasteiger partial charge in [0, 0.05) is 31.2 Å². The number of likely N-dealkylation sites (tertiary alicyclic amines) is 1. The highest BCUT2D eigenvalue weighted by atomic mass is 35.5. The van der Waals surface area contributed by atoms with E-state index in [0.717, 1.165) is 19.4 Å². The monoisotopic (exact) mass is 254 g/mol. The standard InChI is InChI=1S/C12H15ClN2O2/c13-6-9-2-1-5-15(8-9)12(17)10-3-4-11(16)14-7-10/h3-4,7,9H,1-2,5-6,8H2,(H,14,16). The van der Waals surface area contributed by atoms with Crippen molar-refractivity contribution in [3.8, 4) is 0 Å². The number of rotatable bonds is 2. The summed E-state index contributed by atoms with van der Waals surface area (Å²) in [5.41, 5.74) is 0.332. The molecule has 2 rings (SSSR count). The van der Waals surface area contributed by atoms with Gasteiger partial charge in [-0.3, -0.25) is 9.59 Å². The van der Waals surface area contributed by atoms with E-state index in [1.807, 2.05) is 4.90 Å². The van der Waals surface area contributed by atoms with Crippen molar-refractivity contribution in [2.75, 3.05) is 19.0 Å². The number of carbonyl (C=O) groups excluding carboxylic acids is 1. The van der Waals surface area contributed by atoms with Crippen LogP contribution < -0.4 is 5.56 Å². The average Bonchev–Trinajstić information content (AvgIpc) is 2.39. The SMILES string of the molecule is O=C(c1ccc(=O)[nH]c1)N1CCCC(CCl)C1.